The molecule has 0 aliphatic carbocycles. The summed E-state index contributed by atoms with van der Waals surface area (Å²) >= 11 is 0. The molecule has 0 unspecified atom stereocenters. The number of esters is 4. The van der Waals surface area contributed by atoms with Gasteiger partial charge in [-0.1, -0.05) is 0 Å². The van der Waals surface area contributed by atoms with Crippen molar-refractivity contribution in [3.63, 3.8) is 0 Å². The second-order valence-corrected chi connectivity index (χ2v) is 9.92. The highest BCUT2D eigenvalue weighted by atomic mass is 16.6. The fraction of sp³-hybridized carbons (Fsp3) is 0.800. The van der Waals surface area contributed by atoms with Crippen molar-refractivity contribution in [2.45, 2.75) is 97.6 Å². The van der Waals surface area contributed by atoms with Crippen molar-refractivity contribution < 1.29 is 38.1 Å². The number of cyclic esters (lactones) is 1. The second kappa shape index (κ2) is 7.72. The van der Waals surface area contributed by atoms with Crippen molar-refractivity contribution in [2.75, 3.05) is 0 Å². The lowest BCUT2D eigenvalue weighted by molar-refractivity contribution is -0.197. The molecule has 0 radical (unpaired) electrons. The quantitative estimate of drug-likeness (QED) is 0.524. The SMILES string of the molecule is CC(C)(C)OC(=O)C[C@@]1(C(=O)OC(C)(C)C)OC(=O)C[C@H]1C(=O)OC(C)(C)C. The van der Waals surface area contributed by atoms with Crippen LogP contribution in [-0.2, 0) is 38.1 Å². The predicted molar refractivity (Wildman–Crippen MR) is 99.1 cm³/mol. The minimum Gasteiger partial charge on any atom is -0.460 e. The maximum Gasteiger partial charge on any atom is 0.352 e. The average molecular weight is 400 g/mol. The van der Waals surface area contributed by atoms with E-state index in [2.05, 4.69) is 0 Å². The molecule has 0 N–H and O–H groups in total. The van der Waals surface area contributed by atoms with Crippen LogP contribution >= 0.6 is 0 Å². The lowest BCUT2D eigenvalue weighted by atomic mass is 9.84. The topological polar surface area (TPSA) is 105 Å². The van der Waals surface area contributed by atoms with Gasteiger partial charge in [-0.25, -0.2) is 4.79 Å². The van der Waals surface area contributed by atoms with Crippen LogP contribution in [0.3, 0.4) is 0 Å². The van der Waals surface area contributed by atoms with Gasteiger partial charge in [-0.2, -0.15) is 0 Å². The van der Waals surface area contributed by atoms with Gasteiger partial charge in [0.1, 0.15) is 22.7 Å². The van der Waals surface area contributed by atoms with E-state index in [1.165, 1.54) is 0 Å². The van der Waals surface area contributed by atoms with Crippen LogP contribution in [0.1, 0.15) is 75.2 Å². The van der Waals surface area contributed by atoms with Gasteiger partial charge in [0.2, 0.25) is 5.60 Å². The Hall–Kier alpha value is -2.12. The molecule has 0 aromatic carbocycles. The van der Waals surface area contributed by atoms with Gasteiger partial charge in [0.05, 0.1) is 12.8 Å². The molecule has 1 rings (SSSR count). The molecule has 0 aromatic heterocycles. The monoisotopic (exact) mass is 400 g/mol. The normalized spacial score (nSPS) is 23.0. The highest BCUT2D eigenvalue weighted by Gasteiger charge is 2.62. The predicted octanol–water partition coefficient (Wildman–Crippen LogP) is 2.70. The maximum absolute atomic E-state index is 13.0. The van der Waals surface area contributed by atoms with Crippen LogP contribution in [0.15, 0.2) is 0 Å². The second-order valence-electron chi connectivity index (χ2n) is 9.92. The van der Waals surface area contributed by atoms with Crippen molar-refractivity contribution >= 4 is 23.9 Å². The summed E-state index contributed by atoms with van der Waals surface area (Å²) in [6.45, 7) is 14.9. The van der Waals surface area contributed by atoms with E-state index in [0.29, 0.717) is 0 Å². The first-order valence-corrected chi connectivity index (χ1v) is 9.25. The Bertz CT molecular complexity index is 645. The summed E-state index contributed by atoms with van der Waals surface area (Å²) in [7, 11) is 0. The Morgan fingerprint density at radius 2 is 1.36 bits per heavy atom. The fourth-order valence-corrected chi connectivity index (χ4v) is 2.67. The van der Waals surface area contributed by atoms with E-state index in [9.17, 15) is 19.2 Å². The molecule has 1 heterocycles. The number of carbonyl (C=O) groups excluding carboxylic acids is 4. The van der Waals surface area contributed by atoms with E-state index in [4.69, 9.17) is 18.9 Å². The van der Waals surface area contributed by atoms with Gasteiger partial charge < -0.3 is 18.9 Å². The van der Waals surface area contributed by atoms with Crippen molar-refractivity contribution in [1.82, 2.24) is 0 Å². The number of hydrogen-bond donors (Lipinski definition) is 0. The standard InChI is InChI=1S/C20H32O8/c1-17(2,3)25-14(22)11-20(16(24)28-19(7,8)9)12(10-13(21)26-20)15(23)27-18(4,5)6/h12H,10-11H2,1-9H3/t12-,20+/m0/s1. The molecule has 1 fully saturated rings. The Kier molecular flexibility index (Phi) is 6.59. The van der Waals surface area contributed by atoms with Crippen LogP contribution in [-0.4, -0.2) is 46.3 Å². The molecule has 8 heteroatoms. The number of hydrogen-bond acceptors (Lipinski definition) is 8. The van der Waals surface area contributed by atoms with Crippen LogP contribution in [0.25, 0.3) is 0 Å². The molecule has 0 aromatic rings. The first-order chi connectivity index (χ1) is 12.3. The summed E-state index contributed by atoms with van der Waals surface area (Å²) in [6, 6.07) is 0. The van der Waals surface area contributed by atoms with Gasteiger partial charge in [-0.15, -0.1) is 0 Å². The molecule has 2 atom stereocenters. The number of ether oxygens (including phenoxy) is 4. The first kappa shape index (κ1) is 23.9. The molecule has 0 spiro atoms. The molecular formula is C20H32O8. The molecule has 8 nitrogen and oxygen atoms in total. The van der Waals surface area contributed by atoms with Crippen LogP contribution in [0, 0.1) is 5.92 Å². The van der Waals surface area contributed by atoms with Crippen molar-refractivity contribution in [3.05, 3.63) is 0 Å². The van der Waals surface area contributed by atoms with Crippen molar-refractivity contribution in [3.8, 4) is 0 Å². The summed E-state index contributed by atoms with van der Waals surface area (Å²) in [4.78, 5) is 50.3. The summed E-state index contributed by atoms with van der Waals surface area (Å²) in [5, 5.41) is 0. The largest absolute Gasteiger partial charge is 0.460 e. The Labute approximate surface area is 166 Å². The summed E-state index contributed by atoms with van der Waals surface area (Å²) in [5.74, 6) is -4.69. The van der Waals surface area contributed by atoms with Gasteiger partial charge >= 0.3 is 23.9 Å². The van der Waals surface area contributed by atoms with Gasteiger partial charge in [0.25, 0.3) is 0 Å². The first-order valence-electron chi connectivity index (χ1n) is 9.25. The Morgan fingerprint density at radius 3 is 1.79 bits per heavy atom. The summed E-state index contributed by atoms with van der Waals surface area (Å²) < 4.78 is 21.3. The van der Waals surface area contributed by atoms with E-state index in [0.717, 1.165) is 0 Å². The van der Waals surface area contributed by atoms with E-state index in [1.807, 2.05) is 0 Å². The third-order valence-corrected chi connectivity index (χ3v) is 3.49. The van der Waals surface area contributed by atoms with Crippen LogP contribution in [0.5, 0.6) is 0 Å². The minimum absolute atomic E-state index is 0.392. The molecule has 1 saturated heterocycles. The van der Waals surface area contributed by atoms with E-state index < -0.39 is 65.0 Å². The summed E-state index contributed by atoms with van der Waals surface area (Å²) in [6.07, 6.45) is -1.04. The zero-order valence-corrected chi connectivity index (χ0v) is 18.3. The summed E-state index contributed by atoms with van der Waals surface area (Å²) in [5.41, 5.74) is -4.73. The molecule has 1 aliphatic rings. The Morgan fingerprint density at radius 1 is 0.893 bits per heavy atom. The maximum atomic E-state index is 13.0. The van der Waals surface area contributed by atoms with E-state index >= 15 is 0 Å². The fourth-order valence-electron chi connectivity index (χ4n) is 2.67. The van der Waals surface area contributed by atoms with E-state index in [1.54, 1.807) is 62.3 Å². The molecule has 0 bridgehead atoms. The Balaban J connectivity index is 3.33. The lowest BCUT2D eigenvalue weighted by Gasteiger charge is -2.34. The minimum atomic E-state index is -2.13. The zero-order chi connectivity index (χ0) is 22.1. The van der Waals surface area contributed by atoms with Gasteiger partial charge in [-0.05, 0) is 62.3 Å². The highest BCUT2D eigenvalue weighted by molar-refractivity contribution is 5.98. The third-order valence-electron chi connectivity index (χ3n) is 3.49. The molecule has 1 aliphatic heterocycles. The molecule has 0 amide bonds. The van der Waals surface area contributed by atoms with Gasteiger partial charge in [-0.3, -0.25) is 14.4 Å². The third kappa shape index (κ3) is 6.80. The van der Waals surface area contributed by atoms with Crippen molar-refractivity contribution in [1.29, 1.82) is 0 Å². The van der Waals surface area contributed by atoms with E-state index in [-0.39, 0.29) is 0 Å². The van der Waals surface area contributed by atoms with Crippen molar-refractivity contribution in [2.24, 2.45) is 5.92 Å². The lowest BCUT2D eigenvalue weighted by Crippen LogP contribution is -2.53. The molecule has 0 saturated carbocycles. The molecule has 160 valence electrons. The van der Waals surface area contributed by atoms with Crippen LogP contribution < -0.4 is 0 Å². The average Bonchev–Trinajstić information content (AvgIpc) is 2.70. The van der Waals surface area contributed by atoms with Crippen LogP contribution in [0.4, 0.5) is 0 Å². The smallest absolute Gasteiger partial charge is 0.352 e. The number of rotatable bonds is 4. The molecular weight excluding hydrogens is 368 g/mol. The van der Waals surface area contributed by atoms with Crippen LogP contribution in [0.2, 0.25) is 0 Å². The zero-order valence-electron chi connectivity index (χ0n) is 18.3. The van der Waals surface area contributed by atoms with Gasteiger partial charge in [0, 0.05) is 0 Å². The number of carbonyl (C=O) groups is 4. The highest BCUT2D eigenvalue weighted by Crippen LogP contribution is 2.40. The molecule has 28 heavy (non-hydrogen) atoms. The van der Waals surface area contributed by atoms with Gasteiger partial charge in [0.15, 0.2) is 0 Å².